The van der Waals surface area contributed by atoms with Gasteiger partial charge in [0.15, 0.2) is 5.69 Å². The van der Waals surface area contributed by atoms with Crippen molar-refractivity contribution in [3.63, 3.8) is 0 Å². The second-order valence-electron chi connectivity index (χ2n) is 5.20. The van der Waals surface area contributed by atoms with Gasteiger partial charge in [0.2, 0.25) is 0 Å². The fraction of sp³-hybridized carbons (Fsp3) is 0.692. The Labute approximate surface area is 115 Å². The first kappa shape index (κ1) is 15.0. The molecule has 1 aliphatic heterocycles. The van der Waals surface area contributed by atoms with Crippen molar-refractivity contribution < 1.29 is 13.2 Å². The minimum Gasteiger partial charge on any atom is -0.303 e. The van der Waals surface area contributed by atoms with Crippen LogP contribution in [0.3, 0.4) is 0 Å². The maximum absolute atomic E-state index is 12.6. The maximum atomic E-state index is 12.6. The molecular formula is C13H18F3N3O. The molecule has 0 N–H and O–H groups in total. The summed E-state index contributed by atoms with van der Waals surface area (Å²) >= 11 is 0. The topological polar surface area (TPSA) is 38.1 Å². The van der Waals surface area contributed by atoms with Crippen LogP contribution < -0.4 is 5.56 Å². The van der Waals surface area contributed by atoms with Crippen LogP contribution in [0.1, 0.15) is 31.4 Å². The van der Waals surface area contributed by atoms with Crippen LogP contribution in [0.15, 0.2) is 16.9 Å². The third-order valence-electron chi connectivity index (χ3n) is 3.75. The normalized spacial score (nSPS) is 21.1. The Kier molecular flexibility index (Phi) is 4.47. The van der Waals surface area contributed by atoms with Crippen LogP contribution in [0.4, 0.5) is 13.2 Å². The number of likely N-dealkylation sites (tertiary alicyclic amines) is 1. The fourth-order valence-electron chi connectivity index (χ4n) is 2.54. The van der Waals surface area contributed by atoms with Crippen molar-refractivity contribution in [3.05, 3.63) is 28.2 Å². The average molecular weight is 289 g/mol. The summed E-state index contributed by atoms with van der Waals surface area (Å²) in [6.07, 6.45) is -0.583. The summed E-state index contributed by atoms with van der Waals surface area (Å²) in [5.74, 6) is 0. The molecule has 0 amide bonds. The lowest BCUT2D eigenvalue weighted by molar-refractivity contribution is -0.142. The Bertz CT molecular complexity index is 512. The summed E-state index contributed by atoms with van der Waals surface area (Å²) in [5.41, 5.74) is -1.51. The SMILES string of the molecule is CN1CCCC[C@@H]1CCn1nc(C(F)(F)F)ccc1=O. The van der Waals surface area contributed by atoms with Crippen LogP contribution in [0.25, 0.3) is 0 Å². The number of nitrogens with zero attached hydrogens (tertiary/aromatic N) is 3. The van der Waals surface area contributed by atoms with E-state index in [1.165, 1.54) is 0 Å². The highest BCUT2D eigenvalue weighted by molar-refractivity contribution is 5.04. The average Bonchev–Trinajstić information content (AvgIpc) is 2.38. The van der Waals surface area contributed by atoms with Crippen molar-refractivity contribution in [2.75, 3.05) is 13.6 Å². The van der Waals surface area contributed by atoms with Gasteiger partial charge in [-0.1, -0.05) is 6.42 Å². The van der Waals surface area contributed by atoms with E-state index in [1.54, 1.807) is 0 Å². The van der Waals surface area contributed by atoms with Crippen molar-refractivity contribution in [2.24, 2.45) is 0 Å². The van der Waals surface area contributed by atoms with E-state index in [0.717, 1.165) is 42.6 Å². The Morgan fingerprint density at radius 2 is 2.10 bits per heavy atom. The molecule has 0 aliphatic carbocycles. The van der Waals surface area contributed by atoms with Gasteiger partial charge in [-0.3, -0.25) is 4.79 Å². The molecule has 20 heavy (non-hydrogen) atoms. The highest BCUT2D eigenvalue weighted by Gasteiger charge is 2.33. The fourth-order valence-corrected chi connectivity index (χ4v) is 2.54. The van der Waals surface area contributed by atoms with Crippen LogP contribution in [-0.4, -0.2) is 34.3 Å². The predicted molar refractivity (Wildman–Crippen MR) is 68.4 cm³/mol. The molecule has 0 aromatic carbocycles. The molecule has 112 valence electrons. The van der Waals surface area contributed by atoms with E-state index in [4.69, 9.17) is 0 Å². The molecule has 1 aliphatic rings. The van der Waals surface area contributed by atoms with Gasteiger partial charge < -0.3 is 4.90 Å². The number of aryl methyl sites for hydroxylation is 1. The van der Waals surface area contributed by atoms with Crippen LogP contribution >= 0.6 is 0 Å². The standard InChI is InChI=1S/C13H18F3N3O/c1-18-8-3-2-4-10(18)7-9-19-12(20)6-5-11(17-19)13(14,15)16/h5-6,10H,2-4,7-9H2,1H3/t10-/m1/s1. The van der Waals surface area contributed by atoms with Gasteiger partial charge in [-0.25, -0.2) is 4.68 Å². The molecule has 1 aromatic heterocycles. The first-order valence-corrected chi connectivity index (χ1v) is 6.73. The summed E-state index contributed by atoms with van der Waals surface area (Å²) in [7, 11) is 2.01. The highest BCUT2D eigenvalue weighted by Crippen LogP contribution is 2.26. The van der Waals surface area contributed by atoms with E-state index in [0.29, 0.717) is 12.5 Å². The van der Waals surface area contributed by atoms with E-state index in [1.807, 2.05) is 7.05 Å². The highest BCUT2D eigenvalue weighted by atomic mass is 19.4. The maximum Gasteiger partial charge on any atom is 0.435 e. The molecule has 4 nitrogen and oxygen atoms in total. The van der Waals surface area contributed by atoms with Crippen LogP contribution in [0, 0.1) is 0 Å². The number of halogens is 3. The van der Waals surface area contributed by atoms with Gasteiger partial charge in [-0.2, -0.15) is 18.3 Å². The molecule has 2 heterocycles. The first-order chi connectivity index (χ1) is 9.38. The quantitative estimate of drug-likeness (QED) is 0.855. The molecule has 0 unspecified atom stereocenters. The largest absolute Gasteiger partial charge is 0.435 e. The zero-order valence-corrected chi connectivity index (χ0v) is 11.4. The number of hydrogen-bond donors (Lipinski definition) is 0. The predicted octanol–water partition coefficient (Wildman–Crippen LogP) is 2.14. The van der Waals surface area contributed by atoms with Crippen molar-refractivity contribution in [1.82, 2.24) is 14.7 Å². The summed E-state index contributed by atoms with van der Waals surface area (Å²) in [6, 6.07) is 1.97. The molecule has 1 atom stereocenters. The minimum atomic E-state index is -4.52. The summed E-state index contributed by atoms with van der Waals surface area (Å²) in [5, 5.41) is 3.41. The van der Waals surface area contributed by atoms with Gasteiger partial charge in [0.1, 0.15) is 0 Å². The molecule has 0 radical (unpaired) electrons. The van der Waals surface area contributed by atoms with Gasteiger partial charge in [-0.15, -0.1) is 0 Å². The minimum absolute atomic E-state index is 0.220. The number of piperidine rings is 1. The number of alkyl halides is 3. The lowest BCUT2D eigenvalue weighted by Crippen LogP contribution is -2.38. The molecule has 1 aromatic rings. The summed E-state index contributed by atoms with van der Waals surface area (Å²) in [6.45, 7) is 1.22. The van der Waals surface area contributed by atoms with Crippen molar-refractivity contribution in [1.29, 1.82) is 0 Å². The van der Waals surface area contributed by atoms with Crippen LogP contribution in [0.2, 0.25) is 0 Å². The molecule has 0 saturated carbocycles. The van der Waals surface area contributed by atoms with Crippen LogP contribution in [-0.2, 0) is 12.7 Å². The molecule has 0 bridgehead atoms. The third-order valence-corrected chi connectivity index (χ3v) is 3.75. The molecule has 0 spiro atoms. The van der Waals surface area contributed by atoms with Crippen molar-refractivity contribution in [2.45, 2.75) is 44.4 Å². The Morgan fingerprint density at radius 3 is 2.75 bits per heavy atom. The van der Waals surface area contributed by atoms with Crippen molar-refractivity contribution >= 4 is 0 Å². The van der Waals surface area contributed by atoms with Gasteiger partial charge in [0, 0.05) is 18.7 Å². The van der Waals surface area contributed by atoms with E-state index < -0.39 is 17.4 Å². The second-order valence-corrected chi connectivity index (χ2v) is 5.20. The Balaban J connectivity index is 2.07. The monoisotopic (exact) mass is 289 g/mol. The van der Waals surface area contributed by atoms with Gasteiger partial charge >= 0.3 is 6.18 Å². The molecule has 7 heteroatoms. The third kappa shape index (κ3) is 3.59. The summed E-state index contributed by atoms with van der Waals surface area (Å²) in [4.78, 5) is 13.8. The lowest BCUT2D eigenvalue weighted by Gasteiger charge is -2.32. The zero-order chi connectivity index (χ0) is 14.8. The van der Waals surface area contributed by atoms with E-state index in [2.05, 4.69) is 10.00 Å². The Morgan fingerprint density at radius 1 is 1.35 bits per heavy atom. The molecule has 1 fully saturated rings. The zero-order valence-electron chi connectivity index (χ0n) is 11.4. The van der Waals surface area contributed by atoms with Gasteiger partial charge in [0.05, 0.1) is 0 Å². The van der Waals surface area contributed by atoms with Crippen molar-refractivity contribution in [3.8, 4) is 0 Å². The number of aromatic nitrogens is 2. The number of hydrogen-bond acceptors (Lipinski definition) is 3. The Hall–Kier alpha value is -1.37. The summed E-state index contributed by atoms with van der Waals surface area (Å²) < 4.78 is 38.6. The van der Waals surface area contributed by atoms with Crippen LogP contribution in [0.5, 0.6) is 0 Å². The van der Waals surface area contributed by atoms with E-state index in [9.17, 15) is 18.0 Å². The number of rotatable bonds is 3. The molecule has 2 rings (SSSR count). The molecule has 1 saturated heterocycles. The molecular weight excluding hydrogens is 271 g/mol. The van der Waals surface area contributed by atoms with Gasteiger partial charge in [0.25, 0.3) is 5.56 Å². The van der Waals surface area contributed by atoms with E-state index >= 15 is 0 Å². The van der Waals surface area contributed by atoms with E-state index in [-0.39, 0.29) is 6.54 Å². The second kappa shape index (κ2) is 5.95. The smallest absolute Gasteiger partial charge is 0.303 e. The first-order valence-electron chi connectivity index (χ1n) is 6.73. The lowest BCUT2D eigenvalue weighted by atomic mass is 10.0. The van der Waals surface area contributed by atoms with Gasteiger partial charge in [-0.05, 0) is 38.9 Å².